The van der Waals surface area contributed by atoms with Crippen molar-refractivity contribution in [1.82, 2.24) is 15.0 Å². The molecule has 118 valence electrons. The van der Waals surface area contributed by atoms with Crippen LogP contribution in [-0.2, 0) is 4.79 Å². The van der Waals surface area contributed by atoms with Crippen LogP contribution in [0.4, 0.5) is 5.13 Å². The molecular formula is C13H16N4O3S2. The van der Waals surface area contributed by atoms with Crippen molar-refractivity contribution in [2.75, 3.05) is 11.1 Å². The van der Waals surface area contributed by atoms with E-state index in [1.54, 1.807) is 11.6 Å². The summed E-state index contributed by atoms with van der Waals surface area (Å²) in [6.07, 6.45) is 2.32. The Kier molecular flexibility index (Phi) is 5.56. The lowest BCUT2D eigenvalue weighted by atomic mass is 10.0. The molecule has 2 aromatic rings. The zero-order chi connectivity index (χ0) is 16.1. The maximum absolute atomic E-state index is 12.0. The second kappa shape index (κ2) is 7.41. The van der Waals surface area contributed by atoms with Crippen LogP contribution < -0.4 is 10.9 Å². The van der Waals surface area contributed by atoms with E-state index in [9.17, 15) is 14.7 Å². The minimum atomic E-state index is -0.371. The van der Waals surface area contributed by atoms with Gasteiger partial charge in [0, 0.05) is 11.6 Å². The van der Waals surface area contributed by atoms with Gasteiger partial charge in [-0.2, -0.15) is 4.98 Å². The molecule has 2 rings (SSSR count). The topological polar surface area (TPSA) is 108 Å². The summed E-state index contributed by atoms with van der Waals surface area (Å²) in [5, 5.41) is 15.0. The van der Waals surface area contributed by atoms with Gasteiger partial charge in [0.25, 0.3) is 5.56 Å². The molecule has 3 N–H and O–H groups in total. The number of nitrogens with zero attached hydrogens (tertiary/aromatic N) is 2. The van der Waals surface area contributed by atoms with Gasteiger partial charge in [0.15, 0.2) is 10.3 Å². The zero-order valence-electron chi connectivity index (χ0n) is 12.1. The van der Waals surface area contributed by atoms with Crippen molar-refractivity contribution in [3.8, 4) is 5.88 Å². The van der Waals surface area contributed by atoms with Crippen LogP contribution >= 0.6 is 23.1 Å². The Bertz CT molecular complexity index is 700. The molecule has 22 heavy (non-hydrogen) atoms. The smallest absolute Gasteiger partial charge is 0.258 e. The third-order valence-corrected chi connectivity index (χ3v) is 4.60. The van der Waals surface area contributed by atoms with Crippen molar-refractivity contribution in [2.24, 2.45) is 0 Å². The largest absolute Gasteiger partial charge is 0.493 e. The number of H-pyrrole nitrogens is 1. The van der Waals surface area contributed by atoms with Crippen LogP contribution in [0.15, 0.2) is 21.5 Å². The summed E-state index contributed by atoms with van der Waals surface area (Å²) in [4.78, 5) is 34.2. The van der Waals surface area contributed by atoms with E-state index in [4.69, 9.17) is 0 Å². The van der Waals surface area contributed by atoms with Gasteiger partial charge in [-0.25, -0.2) is 4.98 Å². The molecule has 0 fully saturated rings. The highest BCUT2D eigenvalue weighted by Crippen LogP contribution is 2.24. The molecule has 0 aliphatic rings. The fourth-order valence-electron chi connectivity index (χ4n) is 1.74. The molecule has 0 saturated carbocycles. The third kappa shape index (κ3) is 4.08. The van der Waals surface area contributed by atoms with E-state index in [0.29, 0.717) is 5.13 Å². The maximum Gasteiger partial charge on any atom is 0.258 e. The maximum atomic E-state index is 12.0. The molecule has 1 atom stereocenters. The number of nitrogens with one attached hydrogen (secondary N) is 2. The van der Waals surface area contributed by atoms with Gasteiger partial charge in [-0.05, 0) is 12.3 Å². The lowest BCUT2D eigenvalue weighted by molar-refractivity contribution is -0.113. The van der Waals surface area contributed by atoms with E-state index in [2.05, 4.69) is 20.3 Å². The number of aromatic hydroxyl groups is 1. The van der Waals surface area contributed by atoms with Gasteiger partial charge in [0.1, 0.15) is 0 Å². The first kappa shape index (κ1) is 16.5. The summed E-state index contributed by atoms with van der Waals surface area (Å²) >= 11 is 2.36. The van der Waals surface area contributed by atoms with Gasteiger partial charge < -0.3 is 15.4 Å². The number of hydrogen-bond donors (Lipinski definition) is 3. The van der Waals surface area contributed by atoms with Crippen molar-refractivity contribution in [1.29, 1.82) is 0 Å². The van der Waals surface area contributed by atoms with Crippen LogP contribution in [0.1, 0.15) is 31.7 Å². The Morgan fingerprint density at radius 2 is 2.36 bits per heavy atom. The predicted molar refractivity (Wildman–Crippen MR) is 86.7 cm³/mol. The highest BCUT2D eigenvalue weighted by Gasteiger charge is 2.17. The molecule has 7 nitrogen and oxygen atoms in total. The summed E-state index contributed by atoms with van der Waals surface area (Å²) < 4.78 is 0. The van der Waals surface area contributed by atoms with Gasteiger partial charge in [-0.15, -0.1) is 11.3 Å². The van der Waals surface area contributed by atoms with Crippen molar-refractivity contribution in [3.05, 3.63) is 27.5 Å². The van der Waals surface area contributed by atoms with E-state index in [1.165, 1.54) is 11.3 Å². The summed E-state index contributed by atoms with van der Waals surface area (Å²) in [5.74, 6) is -0.553. The first-order valence-corrected chi connectivity index (χ1v) is 8.53. The third-order valence-electron chi connectivity index (χ3n) is 3.04. The Morgan fingerprint density at radius 3 is 2.95 bits per heavy atom. The Morgan fingerprint density at radius 1 is 1.59 bits per heavy atom. The fourth-order valence-corrected chi connectivity index (χ4v) is 2.94. The molecule has 0 aliphatic heterocycles. The SMILES string of the molecule is CC[C@@H](C)c1c(O)nc(SCC(=O)Nc2nccs2)[nH]c1=O. The highest BCUT2D eigenvalue weighted by molar-refractivity contribution is 7.99. The number of thioether (sulfide) groups is 1. The van der Waals surface area contributed by atoms with Gasteiger partial charge in [-0.3, -0.25) is 9.59 Å². The second-order valence-corrected chi connectivity index (χ2v) is 6.45. The number of carbonyl (C=O) groups excluding carboxylic acids is 1. The van der Waals surface area contributed by atoms with Crippen molar-refractivity contribution in [3.63, 3.8) is 0 Å². The van der Waals surface area contributed by atoms with Crippen molar-refractivity contribution in [2.45, 2.75) is 31.3 Å². The molecule has 0 spiro atoms. The van der Waals surface area contributed by atoms with Crippen LogP contribution in [0.5, 0.6) is 5.88 Å². The highest BCUT2D eigenvalue weighted by atomic mass is 32.2. The molecule has 2 aromatic heterocycles. The van der Waals surface area contributed by atoms with E-state index in [0.717, 1.165) is 18.2 Å². The minimum absolute atomic E-state index is 0.0602. The monoisotopic (exact) mass is 340 g/mol. The lowest BCUT2D eigenvalue weighted by Gasteiger charge is -2.10. The Balaban J connectivity index is 2.02. The molecule has 0 aliphatic carbocycles. The van der Waals surface area contributed by atoms with Crippen LogP contribution in [0.25, 0.3) is 0 Å². The minimum Gasteiger partial charge on any atom is -0.493 e. The van der Waals surface area contributed by atoms with Gasteiger partial charge in [0.05, 0.1) is 11.3 Å². The average Bonchev–Trinajstić information content (AvgIpc) is 2.97. The van der Waals surface area contributed by atoms with Crippen LogP contribution in [0, 0.1) is 0 Å². The molecule has 1 amide bonds. The van der Waals surface area contributed by atoms with Crippen LogP contribution in [0.3, 0.4) is 0 Å². The van der Waals surface area contributed by atoms with Gasteiger partial charge in [0.2, 0.25) is 11.8 Å². The molecule has 0 unspecified atom stereocenters. The van der Waals surface area contributed by atoms with Gasteiger partial charge in [-0.1, -0.05) is 25.6 Å². The van der Waals surface area contributed by atoms with Crippen molar-refractivity contribution < 1.29 is 9.90 Å². The number of thiazole rings is 1. The first-order chi connectivity index (χ1) is 10.5. The number of carbonyl (C=O) groups is 1. The number of anilines is 1. The molecule has 0 bridgehead atoms. The molecule has 9 heteroatoms. The number of hydrogen-bond acceptors (Lipinski definition) is 7. The second-order valence-electron chi connectivity index (χ2n) is 4.59. The van der Waals surface area contributed by atoms with Crippen molar-refractivity contribution >= 4 is 34.1 Å². The lowest BCUT2D eigenvalue weighted by Crippen LogP contribution is -2.18. The molecule has 0 radical (unpaired) electrons. The summed E-state index contributed by atoms with van der Waals surface area (Å²) in [6.45, 7) is 3.77. The number of aromatic amines is 1. The summed E-state index contributed by atoms with van der Waals surface area (Å²) in [6, 6.07) is 0. The normalized spacial score (nSPS) is 12.1. The Hall–Kier alpha value is -1.87. The van der Waals surface area contributed by atoms with Crippen LogP contribution in [0.2, 0.25) is 0 Å². The van der Waals surface area contributed by atoms with E-state index >= 15 is 0 Å². The average molecular weight is 340 g/mol. The number of rotatable bonds is 6. The van der Waals surface area contributed by atoms with E-state index in [-0.39, 0.29) is 39.7 Å². The van der Waals surface area contributed by atoms with Gasteiger partial charge >= 0.3 is 0 Å². The molecule has 2 heterocycles. The fraction of sp³-hybridized carbons (Fsp3) is 0.385. The van der Waals surface area contributed by atoms with E-state index < -0.39 is 0 Å². The quantitative estimate of drug-likeness (QED) is 0.549. The standard InChI is InChI=1S/C13H16N4O3S2/c1-3-7(2)9-10(19)16-13(17-11(9)20)22-6-8(18)15-12-14-4-5-21-12/h4-5,7H,3,6H2,1-2H3,(H,14,15,18)(H2,16,17,19,20)/t7-/m1/s1. The van der Waals surface area contributed by atoms with E-state index in [1.807, 2.05) is 13.8 Å². The summed E-state index contributed by atoms with van der Waals surface area (Å²) in [5.41, 5.74) is -0.0937. The molecule has 0 saturated heterocycles. The first-order valence-electron chi connectivity index (χ1n) is 6.66. The zero-order valence-corrected chi connectivity index (χ0v) is 13.8. The predicted octanol–water partition coefficient (Wildman–Crippen LogP) is 2.18. The summed E-state index contributed by atoms with van der Waals surface area (Å²) in [7, 11) is 0. The van der Waals surface area contributed by atoms with Crippen LogP contribution in [-0.4, -0.2) is 31.7 Å². The molecule has 0 aromatic carbocycles. The Labute approximate surface area is 135 Å². The number of amides is 1. The number of aromatic nitrogens is 3. The molecular weight excluding hydrogens is 324 g/mol.